The van der Waals surface area contributed by atoms with Crippen LogP contribution in [0.1, 0.15) is 26.5 Å². The lowest BCUT2D eigenvalue weighted by Crippen LogP contribution is -2.13. The minimum Gasteiger partial charge on any atom is -0.454 e. The summed E-state index contributed by atoms with van der Waals surface area (Å²) >= 11 is 4.62. The van der Waals surface area contributed by atoms with Crippen LogP contribution in [0.2, 0.25) is 0 Å². The molecule has 0 saturated carbocycles. The molecule has 3 aromatic rings. The number of carbonyl (C=O) groups is 1. The minimum absolute atomic E-state index is 0.0328. The Balaban J connectivity index is 1.51. The Morgan fingerprint density at radius 1 is 1.26 bits per heavy atom. The van der Waals surface area contributed by atoms with E-state index in [0.29, 0.717) is 16.0 Å². The van der Waals surface area contributed by atoms with Gasteiger partial charge in [0, 0.05) is 15.8 Å². The first-order valence-corrected chi connectivity index (χ1v) is 9.72. The predicted octanol–water partition coefficient (Wildman–Crippen LogP) is 4.92. The number of aryl methyl sites for hydroxylation is 1. The van der Waals surface area contributed by atoms with Gasteiger partial charge in [-0.15, -0.1) is 11.3 Å². The number of halogens is 2. The van der Waals surface area contributed by atoms with E-state index >= 15 is 0 Å². The summed E-state index contributed by atoms with van der Waals surface area (Å²) in [6.07, 6.45) is 0.654. The fourth-order valence-electron chi connectivity index (χ4n) is 2.72. The Labute approximate surface area is 167 Å². The van der Waals surface area contributed by atoms with Gasteiger partial charge in [0.05, 0.1) is 11.3 Å². The van der Waals surface area contributed by atoms with E-state index in [1.165, 1.54) is 23.5 Å². The van der Waals surface area contributed by atoms with Crippen molar-refractivity contribution < 1.29 is 18.7 Å². The van der Waals surface area contributed by atoms with E-state index in [-0.39, 0.29) is 12.4 Å². The summed E-state index contributed by atoms with van der Waals surface area (Å²) < 4.78 is 25.2. The van der Waals surface area contributed by atoms with Crippen molar-refractivity contribution in [1.29, 1.82) is 0 Å². The zero-order valence-electron chi connectivity index (χ0n) is 14.2. The Hall–Kier alpha value is -2.45. The smallest absolute Gasteiger partial charge is 0.260 e. The Kier molecular flexibility index (Phi) is 4.84. The number of thiazole rings is 1. The summed E-state index contributed by atoms with van der Waals surface area (Å²) in [5.41, 5.74) is 1.85. The van der Waals surface area contributed by atoms with Crippen LogP contribution in [0.5, 0.6) is 11.5 Å². The fourth-order valence-corrected chi connectivity index (χ4v) is 4.07. The third kappa shape index (κ3) is 3.81. The van der Waals surface area contributed by atoms with Gasteiger partial charge in [0.15, 0.2) is 16.6 Å². The van der Waals surface area contributed by atoms with Crippen LogP contribution in [0.3, 0.4) is 0 Å². The quantitative estimate of drug-likeness (QED) is 0.614. The molecule has 0 unspecified atom stereocenters. The van der Waals surface area contributed by atoms with Crippen molar-refractivity contribution in [2.24, 2.45) is 0 Å². The first-order valence-electron chi connectivity index (χ1n) is 8.11. The van der Waals surface area contributed by atoms with Crippen molar-refractivity contribution >= 4 is 38.3 Å². The highest BCUT2D eigenvalue weighted by Crippen LogP contribution is 2.34. The van der Waals surface area contributed by atoms with Crippen LogP contribution in [-0.4, -0.2) is 17.7 Å². The number of nitrogens with zero attached hydrogens (tertiary/aromatic N) is 1. The number of rotatable bonds is 4. The maximum atomic E-state index is 13.9. The molecule has 0 fully saturated rings. The van der Waals surface area contributed by atoms with Crippen LogP contribution >= 0.6 is 27.3 Å². The van der Waals surface area contributed by atoms with E-state index in [1.807, 2.05) is 25.1 Å². The summed E-state index contributed by atoms with van der Waals surface area (Å²) in [5.74, 6) is 0.360. The van der Waals surface area contributed by atoms with Crippen LogP contribution in [0, 0.1) is 12.7 Å². The standard InChI is InChI=1S/C19H14BrFN2O3S/c1-10-17(7-11-2-5-15-16(6-11)26-9-25-15)27-19(22-10)23-18(24)13-8-12(20)3-4-14(13)21/h2-6,8H,7,9H2,1H3,(H,22,23,24). The molecular weight excluding hydrogens is 435 g/mol. The zero-order chi connectivity index (χ0) is 19.0. The van der Waals surface area contributed by atoms with Crippen LogP contribution in [0.15, 0.2) is 40.9 Å². The van der Waals surface area contributed by atoms with Crippen molar-refractivity contribution in [2.75, 3.05) is 12.1 Å². The molecule has 0 bridgehead atoms. The van der Waals surface area contributed by atoms with Crippen LogP contribution in [0.25, 0.3) is 0 Å². The fraction of sp³-hybridized carbons (Fsp3) is 0.158. The van der Waals surface area contributed by atoms with Crippen molar-refractivity contribution in [3.05, 3.63) is 68.4 Å². The highest BCUT2D eigenvalue weighted by atomic mass is 79.9. The maximum absolute atomic E-state index is 13.9. The molecule has 138 valence electrons. The molecule has 0 radical (unpaired) electrons. The molecule has 1 aliphatic rings. The number of hydrogen-bond acceptors (Lipinski definition) is 5. The first-order chi connectivity index (χ1) is 13.0. The van der Waals surface area contributed by atoms with E-state index < -0.39 is 11.7 Å². The summed E-state index contributed by atoms with van der Waals surface area (Å²) in [6, 6.07) is 10.0. The first kappa shape index (κ1) is 17.9. The second-order valence-electron chi connectivity index (χ2n) is 5.97. The molecule has 1 N–H and O–H groups in total. The third-order valence-corrected chi connectivity index (χ3v) is 5.65. The lowest BCUT2D eigenvalue weighted by Gasteiger charge is -2.03. The van der Waals surface area contributed by atoms with Gasteiger partial charge in [0.1, 0.15) is 5.82 Å². The average Bonchev–Trinajstić information content (AvgIpc) is 3.23. The SMILES string of the molecule is Cc1nc(NC(=O)c2cc(Br)ccc2F)sc1Cc1ccc2c(c1)OCO2. The second kappa shape index (κ2) is 7.28. The number of carbonyl (C=O) groups excluding carboxylic acids is 1. The van der Waals surface area contributed by atoms with Gasteiger partial charge in [-0.2, -0.15) is 0 Å². The molecule has 4 rings (SSSR count). The number of amides is 1. The van der Waals surface area contributed by atoms with E-state index in [2.05, 4.69) is 26.2 Å². The van der Waals surface area contributed by atoms with Gasteiger partial charge in [-0.05, 0) is 42.8 Å². The average molecular weight is 449 g/mol. The van der Waals surface area contributed by atoms with E-state index in [9.17, 15) is 9.18 Å². The largest absolute Gasteiger partial charge is 0.454 e. The maximum Gasteiger partial charge on any atom is 0.260 e. The van der Waals surface area contributed by atoms with Gasteiger partial charge in [0.2, 0.25) is 6.79 Å². The number of hydrogen-bond donors (Lipinski definition) is 1. The number of nitrogens with one attached hydrogen (secondary N) is 1. The Morgan fingerprint density at radius 3 is 2.93 bits per heavy atom. The number of benzene rings is 2. The highest BCUT2D eigenvalue weighted by Gasteiger charge is 2.17. The Bertz CT molecular complexity index is 1040. The number of anilines is 1. The van der Waals surface area contributed by atoms with E-state index in [4.69, 9.17) is 9.47 Å². The molecule has 1 aromatic heterocycles. The molecule has 8 heteroatoms. The van der Waals surface area contributed by atoms with Crippen molar-refractivity contribution in [1.82, 2.24) is 4.98 Å². The normalized spacial score (nSPS) is 12.3. The van der Waals surface area contributed by atoms with Gasteiger partial charge in [-0.25, -0.2) is 9.37 Å². The molecule has 0 spiro atoms. The van der Waals surface area contributed by atoms with Gasteiger partial charge in [-0.1, -0.05) is 22.0 Å². The topological polar surface area (TPSA) is 60.5 Å². The van der Waals surface area contributed by atoms with Crippen LogP contribution in [-0.2, 0) is 6.42 Å². The second-order valence-corrected chi connectivity index (χ2v) is 7.97. The highest BCUT2D eigenvalue weighted by molar-refractivity contribution is 9.10. The molecular formula is C19H14BrFN2O3S. The molecule has 0 aliphatic carbocycles. The lowest BCUT2D eigenvalue weighted by atomic mass is 10.1. The molecule has 2 heterocycles. The summed E-state index contributed by atoms with van der Waals surface area (Å²) in [7, 11) is 0. The van der Waals surface area contributed by atoms with Gasteiger partial charge in [-0.3, -0.25) is 10.1 Å². The van der Waals surface area contributed by atoms with Crippen LogP contribution < -0.4 is 14.8 Å². The van der Waals surface area contributed by atoms with Crippen LogP contribution in [0.4, 0.5) is 9.52 Å². The van der Waals surface area contributed by atoms with Crippen molar-refractivity contribution in [3.63, 3.8) is 0 Å². The summed E-state index contributed by atoms with van der Waals surface area (Å²) in [5, 5.41) is 3.12. The van der Waals surface area contributed by atoms with Crippen molar-refractivity contribution in [2.45, 2.75) is 13.3 Å². The molecule has 27 heavy (non-hydrogen) atoms. The molecule has 0 saturated heterocycles. The van der Waals surface area contributed by atoms with Gasteiger partial charge >= 0.3 is 0 Å². The summed E-state index contributed by atoms with van der Waals surface area (Å²) in [6.45, 7) is 2.12. The monoisotopic (exact) mass is 448 g/mol. The molecule has 1 amide bonds. The predicted molar refractivity (Wildman–Crippen MR) is 104 cm³/mol. The molecule has 0 atom stereocenters. The van der Waals surface area contributed by atoms with Gasteiger partial charge < -0.3 is 9.47 Å². The summed E-state index contributed by atoms with van der Waals surface area (Å²) in [4.78, 5) is 17.8. The lowest BCUT2D eigenvalue weighted by molar-refractivity contribution is 0.102. The number of ether oxygens (including phenoxy) is 2. The number of fused-ring (bicyclic) bond motifs is 1. The van der Waals surface area contributed by atoms with E-state index in [1.54, 1.807) is 6.07 Å². The minimum atomic E-state index is -0.579. The third-order valence-electron chi connectivity index (χ3n) is 4.09. The molecule has 1 aliphatic heterocycles. The van der Waals surface area contributed by atoms with E-state index in [0.717, 1.165) is 27.6 Å². The van der Waals surface area contributed by atoms with Gasteiger partial charge in [0.25, 0.3) is 5.91 Å². The molecule has 2 aromatic carbocycles. The Morgan fingerprint density at radius 2 is 2.07 bits per heavy atom. The van der Waals surface area contributed by atoms with Crippen molar-refractivity contribution in [3.8, 4) is 11.5 Å². The zero-order valence-corrected chi connectivity index (χ0v) is 16.6. The molecule has 5 nitrogen and oxygen atoms in total. The number of aromatic nitrogens is 1.